The fourth-order valence-electron chi connectivity index (χ4n) is 2.32. The number of non-ortho nitro benzene ring substituents is 1. The van der Waals surface area contributed by atoms with E-state index in [1.54, 1.807) is 0 Å². The van der Waals surface area contributed by atoms with Gasteiger partial charge in [-0.05, 0) is 18.2 Å². The van der Waals surface area contributed by atoms with Gasteiger partial charge in [0, 0.05) is 12.1 Å². The van der Waals surface area contributed by atoms with Crippen molar-refractivity contribution in [3.05, 3.63) is 58.6 Å². The van der Waals surface area contributed by atoms with Gasteiger partial charge in [0.15, 0.2) is 6.54 Å². The van der Waals surface area contributed by atoms with Crippen LogP contribution in [0.1, 0.15) is 0 Å². The lowest BCUT2D eigenvalue weighted by molar-refractivity contribution is -0.871. The summed E-state index contributed by atoms with van der Waals surface area (Å²) in [4.78, 5) is 23.5. The van der Waals surface area contributed by atoms with E-state index in [0.29, 0.717) is 18.9 Å². The molecular formula is C18H22N3O5+. The standard InChI is InChI=1S/C18H21N3O5/c1-20(10-11-26-15-6-4-3-5-7-15)13-18(22)19-16-12-14(21(23)24)8-9-17(16)25-2/h3-9,12H,10-11,13H2,1-2H3,(H,19,22)/p+1. The van der Waals surface area contributed by atoms with Gasteiger partial charge in [0.2, 0.25) is 0 Å². The van der Waals surface area contributed by atoms with Crippen molar-refractivity contribution in [1.82, 2.24) is 0 Å². The fourth-order valence-corrected chi connectivity index (χ4v) is 2.32. The lowest BCUT2D eigenvalue weighted by Crippen LogP contribution is -3.10. The molecule has 2 rings (SSSR count). The van der Waals surface area contributed by atoms with E-state index in [1.165, 1.54) is 25.3 Å². The minimum atomic E-state index is -0.520. The number of methoxy groups -OCH3 is 1. The second kappa shape index (κ2) is 9.38. The van der Waals surface area contributed by atoms with Gasteiger partial charge in [-0.2, -0.15) is 0 Å². The second-order valence-electron chi connectivity index (χ2n) is 5.74. The Kier molecular flexibility index (Phi) is 6.92. The van der Waals surface area contributed by atoms with Crippen LogP contribution in [0, 0.1) is 10.1 Å². The third kappa shape index (κ3) is 5.75. The third-order valence-electron chi connectivity index (χ3n) is 3.67. The highest BCUT2D eigenvalue weighted by Gasteiger charge is 2.16. The quantitative estimate of drug-likeness (QED) is 0.516. The van der Waals surface area contributed by atoms with Crippen molar-refractivity contribution in [2.24, 2.45) is 0 Å². The highest BCUT2D eigenvalue weighted by molar-refractivity contribution is 5.93. The number of likely N-dealkylation sites (N-methyl/N-ethyl adjacent to an activating group) is 1. The van der Waals surface area contributed by atoms with Crippen LogP contribution in [0.2, 0.25) is 0 Å². The highest BCUT2D eigenvalue weighted by Crippen LogP contribution is 2.28. The molecule has 138 valence electrons. The van der Waals surface area contributed by atoms with Crippen LogP contribution in [-0.4, -0.2) is 44.7 Å². The van der Waals surface area contributed by atoms with Gasteiger partial charge in [0.05, 0.1) is 24.8 Å². The lowest BCUT2D eigenvalue weighted by Gasteiger charge is -2.15. The van der Waals surface area contributed by atoms with Gasteiger partial charge >= 0.3 is 0 Å². The maximum atomic E-state index is 12.2. The molecule has 0 radical (unpaired) electrons. The summed E-state index contributed by atoms with van der Waals surface area (Å²) in [6, 6.07) is 13.5. The van der Waals surface area contributed by atoms with Gasteiger partial charge in [-0.15, -0.1) is 0 Å². The molecule has 0 aliphatic carbocycles. The molecule has 0 aromatic heterocycles. The van der Waals surface area contributed by atoms with E-state index >= 15 is 0 Å². The van der Waals surface area contributed by atoms with Gasteiger partial charge in [0.25, 0.3) is 11.6 Å². The van der Waals surface area contributed by atoms with Gasteiger partial charge < -0.3 is 19.7 Å². The molecule has 1 atom stereocenters. The van der Waals surface area contributed by atoms with Crippen molar-refractivity contribution < 1.29 is 24.1 Å². The van der Waals surface area contributed by atoms with Crippen LogP contribution < -0.4 is 19.7 Å². The van der Waals surface area contributed by atoms with Crippen LogP contribution in [0.15, 0.2) is 48.5 Å². The number of nitro groups is 1. The van der Waals surface area contributed by atoms with Gasteiger partial charge in [0.1, 0.15) is 24.7 Å². The number of ether oxygens (including phenoxy) is 2. The van der Waals surface area contributed by atoms with Crippen LogP contribution in [0.25, 0.3) is 0 Å². The summed E-state index contributed by atoms with van der Waals surface area (Å²) in [6.07, 6.45) is 0. The summed E-state index contributed by atoms with van der Waals surface area (Å²) in [7, 11) is 3.31. The maximum Gasteiger partial charge on any atom is 0.279 e. The van der Waals surface area contributed by atoms with E-state index in [9.17, 15) is 14.9 Å². The van der Waals surface area contributed by atoms with E-state index in [0.717, 1.165) is 10.6 Å². The zero-order valence-electron chi connectivity index (χ0n) is 14.7. The molecule has 0 aliphatic rings. The average Bonchev–Trinajstić information content (AvgIpc) is 2.62. The number of para-hydroxylation sites is 1. The molecule has 0 bridgehead atoms. The first-order chi connectivity index (χ1) is 12.5. The molecule has 0 fully saturated rings. The Morgan fingerprint density at radius 2 is 1.96 bits per heavy atom. The monoisotopic (exact) mass is 360 g/mol. The number of hydrogen-bond acceptors (Lipinski definition) is 5. The summed E-state index contributed by atoms with van der Waals surface area (Å²) in [6.45, 7) is 1.31. The molecule has 0 heterocycles. The molecule has 0 saturated heterocycles. The SMILES string of the molecule is COc1ccc([N+](=O)[O-])cc1NC(=O)C[NH+](C)CCOc1ccccc1. The van der Waals surface area contributed by atoms with Crippen LogP contribution in [0.3, 0.4) is 0 Å². The number of hydrogen-bond donors (Lipinski definition) is 2. The number of rotatable bonds is 9. The minimum absolute atomic E-state index is 0.113. The molecule has 2 N–H and O–H groups in total. The number of nitro benzene ring substituents is 1. The Morgan fingerprint density at radius 3 is 2.62 bits per heavy atom. The zero-order valence-corrected chi connectivity index (χ0v) is 14.7. The largest absolute Gasteiger partial charge is 0.495 e. The van der Waals surface area contributed by atoms with Crippen molar-refractivity contribution in [3.8, 4) is 11.5 Å². The van der Waals surface area contributed by atoms with Crippen molar-refractivity contribution >= 4 is 17.3 Å². The predicted octanol–water partition coefficient (Wildman–Crippen LogP) is 1.14. The van der Waals surface area contributed by atoms with E-state index in [4.69, 9.17) is 9.47 Å². The van der Waals surface area contributed by atoms with Crippen LogP contribution >= 0.6 is 0 Å². The number of nitrogens with zero attached hydrogens (tertiary/aromatic N) is 1. The smallest absolute Gasteiger partial charge is 0.279 e. The molecule has 0 spiro atoms. The van der Waals surface area contributed by atoms with Crippen molar-refractivity contribution in [3.63, 3.8) is 0 Å². The predicted molar refractivity (Wildman–Crippen MR) is 96.8 cm³/mol. The summed E-state index contributed by atoms with van der Waals surface area (Å²) in [5.74, 6) is 0.890. The molecule has 8 heteroatoms. The van der Waals surface area contributed by atoms with Gasteiger partial charge in [-0.25, -0.2) is 0 Å². The Balaban J connectivity index is 1.85. The van der Waals surface area contributed by atoms with Crippen molar-refractivity contribution in [2.75, 3.05) is 39.2 Å². The number of benzene rings is 2. The molecular weight excluding hydrogens is 338 g/mol. The molecule has 8 nitrogen and oxygen atoms in total. The van der Waals surface area contributed by atoms with Crippen molar-refractivity contribution in [2.45, 2.75) is 0 Å². The van der Waals surface area contributed by atoms with Crippen LogP contribution in [0.4, 0.5) is 11.4 Å². The molecule has 2 aromatic rings. The van der Waals surface area contributed by atoms with E-state index in [-0.39, 0.29) is 23.8 Å². The van der Waals surface area contributed by atoms with E-state index in [1.807, 2.05) is 37.4 Å². The topological polar surface area (TPSA) is 95.1 Å². The van der Waals surface area contributed by atoms with E-state index < -0.39 is 4.92 Å². The van der Waals surface area contributed by atoms with Gasteiger partial charge in [-0.3, -0.25) is 14.9 Å². The third-order valence-corrected chi connectivity index (χ3v) is 3.67. The number of anilines is 1. The summed E-state index contributed by atoms with van der Waals surface area (Å²) >= 11 is 0. The molecule has 1 unspecified atom stereocenters. The first-order valence-corrected chi connectivity index (χ1v) is 8.11. The van der Waals surface area contributed by atoms with Crippen molar-refractivity contribution in [1.29, 1.82) is 0 Å². The Labute approximate surface area is 151 Å². The molecule has 2 aromatic carbocycles. The number of amides is 1. The Bertz CT molecular complexity index is 752. The Morgan fingerprint density at radius 1 is 1.23 bits per heavy atom. The number of carbonyl (C=O) groups is 1. The Hall–Kier alpha value is -3.13. The maximum absolute atomic E-state index is 12.2. The molecule has 0 saturated carbocycles. The second-order valence-corrected chi connectivity index (χ2v) is 5.74. The first kappa shape index (κ1) is 19.2. The van der Waals surface area contributed by atoms with E-state index in [2.05, 4.69) is 5.32 Å². The number of nitrogens with one attached hydrogen (secondary N) is 2. The summed E-state index contributed by atoms with van der Waals surface area (Å²) < 4.78 is 10.7. The zero-order chi connectivity index (χ0) is 18.9. The van der Waals surface area contributed by atoms with Gasteiger partial charge in [-0.1, -0.05) is 18.2 Å². The minimum Gasteiger partial charge on any atom is -0.495 e. The summed E-state index contributed by atoms with van der Waals surface area (Å²) in [5.41, 5.74) is 0.165. The molecule has 1 amide bonds. The lowest BCUT2D eigenvalue weighted by atomic mass is 10.2. The first-order valence-electron chi connectivity index (χ1n) is 8.11. The van der Waals surface area contributed by atoms with Crippen LogP contribution in [-0.2, 0) is 4.79 Å². The van der Waals surface area contributed by atoms with Crippen LogP contribution in [0.5, 0.6) is 11.5 Å². The molecule has 26 heavy (non-hydrogen) atoms. The fraction of sp³-hybridized carbons (Fsp3) is 0.278. The summed E-state index contributed by atoms with van der Waals surface area (Å²) in [5, 5.41) is 13.6. The number of carbonyl (C=O) groups excluding carboxylic acids is 1. The normalized spacial score (nSPS) is 11.5. The average molecular weight is 360 g/mol. The molecule has 0 aliphatic heterocycles. The highest BCUT2D eigenvalue weighted by atomic mass is 16.6. The number of quaternary nitrogens is 1.